The van der Waals surface area contributed by atoms with E-state index in [1.165, 1.54) is 35.6 Å². The molecule has 0 unspecified atom stereocenters. The van der Waals surface area contributed by atoms with Crippen LogP contribution in [0.3, 0.4) is 0 Å². The Labute approximate surface area is 182 Å². The van der Waals surface area contributed by atoms with E-state index in [0.717, 1.165) is 10.6 Å². The van der Waals surface area contributed by atoms with Crippen LogP contribution < -0.4 is 0 Å². The van der Waals surface area contributed by atoms with Gasteiger partial charge in [-0.05, 0) is 43.3 Å². The second-order valence-corrected chi connectivity index (χ2v) is 8.47. The van der Waals surface area contributed by atoms with Gasteiger partial charge in [0.05, 0.1) is 5.69 Å². The van der Waals surface area contributed by atoms with Gasteiger partial charge in [-0.15, -0.1) is 11.3 Å². The average Bonchev–Trinajstić information content (AvgIpc) is 3.15. The predicted octanol–water partition coefficient (Wildman–Crippen LogP) is 4.51. The van der Waals surface area contributed by atoms with E-state index >= 15 is 0 Å². The summed E-state index contributed by atoms with van der Waals surface area (Å²) in [6, 6.07) is 12.9. The summed E-state index contributed by atoms with van der Waals surface area (Å²) >= 11 is 7.31. The second kappa shape index (κ2) is 8.53. The van der Waals surface area contributed by atoms with E-state index < -0.39 is 0 Å². The van der Waals surface area contributed by atoms with Crippen molar-refractivity contribution >= 4 is 34.8 Å². The number of benzene rings is 2. The molecule has 0 aliphatic carbocycles. The number of hydrogen-bond donors (Lipinski definition) is 0. The number of rotatable bonds is 3. The van der Waals surface area contributed by atoms with E-state index in [-0.39, 0.29) is 17.6 Å². The number of piperazine rings is 1. The van der Waals surface area contributed by atoms with Crippen molar-refractivity contribution in [1.29, 1.82) is 0 Å². The highest BCUT2D eigenvalue weighted by atomic mass is 35.5. The molecule has 2 heterocycles. The van der Waals surface area contributed by atoms with E-state index in [1.54, 1.807) is 21.9 Å². The highest BCUT2D eigenvalue weighted by molar-refractivity contribution is 7.17. The molecule has 3 aromatic rings. The van der Waals surface area contributed by atoms with Crippen LogP contribution in [0.1, 0.15) is 25.7 Å². The molecule has 0 N–H and O–H groups in total. The Balaban J connectivity index is 1.42. The number of carbonyl (C=O) groups excluding carboxylic acids is 2. The van der Waals surface area contributed by atoms with Gasteiger partial charge in [0.15, 0.2) is 0 Å². The van der Waals surface area contributed by atoms with Gasteiger partial charge in [-0.3, -0.25) is 9.59 Å². The summed E-state index contributed by atoms with van der Waals surface area (Å²) in [5, 5.41) is 1.43. The fourth-order valence-electron chi connectivity index (χ4n) is 3.34. The number of aryl methyl sites for hydroxylation is 1. The Morgan fingerprint density at radius 3 is 2.10 bits per heavy atom. The molecule has 4 rings (SSSR count). The average molecular weight is 444 g/mol. The van der Waals surface area contributed by atoms with Crippen molar-refractivity contribution in [3.63, 3.8) is 0 Å². The minimum absolute atomic E-state index is 0.0703. The number of amides is 2. The number of thiazole rings is 1. The first-order chi connectivity index (χ1) is 14.4. The van der Waals surface area contributed by atoms with Crippen molar-refractivity contribution in [3.8, 4) is 10.6 Å². The van der Waals surface area contributed by atoms with Crippen LogP contribution in [-0.4, -0.2) is 52.8 Å². The molecule has 154 valence electrons. The lowest BCUT2D eigenvalue weighted by molar-refractivity contribution is 0.0537. The maximum atomic E-state index is 13.1. The molecule has 1 aromatic heterocycles. The quantitative estimate of drug-likeness (QED) is 0.598. The third kappa shape index (κ3) is 4.22. The molecule has 0 bridgehead atoms. The molecule has 1 aliphatic heterocycles. The molecule has 0 atom stereocenters. The molecule has 1 fully saturated rings. The first-order valence-corrected chi connectivity index (χ1v) is 10.7. The molecule has 2 amide bonds. The standard InChI is InChI=1S/C22H19ClFN3O2S/c1-14-19(30-20(25-14)15-2-6-17(23)7-3-15)22(29)27-12-10-26(11-13-27)21(28)16-4-8-18(24)9-5-16/h2-9H,10-13H2,1H3. The maximum absolute atomic E-state index is 13.1. The van der Waals surface area contributed by atoms with E-state index in [2.05, 4.69) is 4.98 Å². The van der Waals surface area contributed by atoms with Crippen LogP contribution >= 0.6 is 22.9 Å². The lowest BCUT2D eigenvalue weighted by Crippen LogP contribution is -2.50. The lowest BCUT2D eigenvalue weighted by Gasteiger charge is -2.34. The number of halogens is 2. The number of hydrogen-bond acceptors (Lipinski definition) is 4. The van der Waals surface area contributed by atoms with Gasteiger partial charge in [0, 0.05) is 42.3 Å². The van der Waals surface area contributed by atoms with Gasteiger partial charge in [-0.25, -0.2) is 9.37 Å². The minimum atomic E-state index is -0.375. The Morgan fingerprint density at radius 2 is 1.50 bits per heavy atom. The SMILES string of the molecule is Cc1nc(-c2ccc(Cl)cc2)sc1C(=O)N1CCN(C(=O)c2ccc(F)cc2)CC1. The molecule has 8 heteroatoms. The number of carbonyl (C=O) groups is 2. The Morgan fingerprint density at radius 1 is 0.933 bits per heavy atom. The van der Waals surface area contributed by atoms with Crippen LogP contribution in [0, 0.1) is 12.7 Å². The van der Waals surface area contributed by atoms with Gasteiger partial charge >= 0.3 is 0 Å². The zero-order valence-electron chi connectivity index (χ0n) is 16.3. The van der Waals surface area contributed by atoms with Crippen LogP contribution in [0.25, 0.3) is 10.6 Å². The van der Waals surface area contributed by atoms with Crippen LogP contribution in [0.15, 0.2) is 48.5 Å². The number of aromatic nitrogens is 1. The molecule has 0 radical (unpaired) electrons. The Hall–Kier alpha value is -2.77. The Kier molecular flexibility index (Phi) is 5.83. The molecule has 1 aliphatic rings. The van der Waals surface area contributed by atoms with Crippen LogP contribution in [0.4, 0.5) is 4.39 Å². The van der Waals surface area contributed by atoms with Gasteiger partial charge in [-0.2, -0.15) is 0 Å². The summed E-state index contributed by atoms with van der Waals surface area (Å²) in [7, 11) is 0. The summed E-state index contributed by atoms with van der Waals surface area (Å²) in [4.78, 5) is 34.2. The topological polar surface area (TPSA) is 53.5 Å². The number of nitrogens with zero attached hydrogens (tertiary/aromatic N) is 3. The van der Waals surface area contributed by atoms with Crippen molar-refractivity contribution in [2.75, 3.05) is 26.2 Å². The summed E-state index contributed by atoms with van der Waals surface area (Å²) in [5.41, 5.74) is 2.06. The van der Waals surface area contributed by atoms with E-state index in [4.69, 9.17) is 11.6 Å². The minimum Gasteiger partial charge on any atom is -0.335 e. The molecule has 2 aromatic carbocycles. The van der Waals surface area contributed by atoms with Gasteiger partial charge in [0.25, 0.3) is 11.8 Å². The Bertz CT molecular complexity index is 1070. The van der Waals surface area contributed by atoms with Gasteiger partial charge < -0.3 is 9.80 Å². The van der Waals surface area contributed by atoms with Crippen LogP contribution in [-0.2, 0) is 0 Å². The zero-order valence-corrected chi connectivity index (χ0v) is 17.8. The molecule has 0 saturated carbocycles. The first kappa shape index (κ1) is 20.5. The fourth-order valence-corrected chi connectivity index (χ4v) is 4.51. The first-order valence-electron chi connectivity index (χ1n) is 9.50. The van der Waals surface area contributed by atoms with E-state index in [0.29, 0.717) is 47.3 Å². The van der Waals surface area contributed by atoms with Crippen LogP contribution in [0.2, 0.25) is 5.02 Å². The van der Waals surface area contributed by atoms with E-state index in [1.807, 2.05) is 19.1 Å². The molecule has 5 nitrogen and oxygen atoms in total. The van der Waals surface area contributed by atoms with Gasteiger partial charge in [0.1, 0.15) is 15.7 Å². The third-order valence-corrected chi connectivity index (χ3v) is 6.47. The molecule has 30 heavy (non-hydrogen) atoms. The smallest absolute Gasteiger partial charge is 0.265 e. The summed E-state index contributed by atoms with van der Waals surface area (Å²) < 4.78 is 13.1. The summed E-state index contributed by atoms with van der Waals surface area (Å²) in [5.74, 6) is -0.597. The van der Waals surface area contributed by atoms with E-state index in [9.17, 15) is 14.0 Å². The lowest BCUT2D eigenvalue weighted by atomic mass is 10.1. The predicted molar refractivity (Wildman–Crippen MR) is 116 cm³/mol. The van der Waals surface area contributed by atoms with Crippen molar-refractivity contribution in [1.82, 2.24) is 14.8 Å². The van der Waals surface area contributed by atoms with Crippen molar-refractivity contribution in [3.05, 3.63) is 75.5 Å². The molecule has 0 spiro atoms. The van der Waals surface area contributed by atoms with Gasteiger partial charge in [-0.1, -0.05) is 23.7 Å². The van der Waals surface area contributed by atoms with Gasteiger partial charge in [0.2, 0.25) is 0 Å². The largest absolute Gasteiger partial charge is 0.335 e. The molecule has 1 saturated heterocycles. The van der Waals surface area contributed by atoms with Crippen molar-refractivity contribution < 1.29 is 14.0 Å². The maximum Gasteiger partial charge on any atom is 0.265 e. The summed E-state index contributed by atoms with van der Waals surface area (Å²) in [6.45, 7) is 3.59. The van der Waals surface area contributed by atoms with Crippen LogP contribution in [0.5, 0.6) is 0 Å². The third-order valence-electron chi connectivity index (χ3n) is 5.03. The second-order valence-electron chi connectivity index (χ2n) is 7.03. The zero-order chi connectivity index (χ0) is 21.3. The molecular formula is C22H19ClFN3O2S. The highest BCUT2D eigenvalue weighted by Gasteiger charge is 2.28. The highest BCUT2D eigenvalue weighted by Crippen LogP contribution is 2.30. The normalized spacial score (nSPS) is 14.1. The monoisotopic (exact) mass is 443 g/mol. The summed E-state index contributed by atoms with van der Waals surface area (Å²) in [6.07, 6.45) is 0. The fraction of sp³-hybridized carbons (Fsp3) is 0.227. The molecular weight excluding hydrogens is 425 g/mol. The van der Waals surface area contributed by atoms with Crippen molar-refractivity contribution in [2.24, 2.45) is 0 Å². The van der Waals surface area contributed by atoms with Crippen molar-refractivity contribution in [2.45, 2.75) is 6.92 Å².